The van der Waals surface area contributed by atoms with E-state index in [-0.39, 0.29) is 23.4 Å². The van der Waals surface area contributed by atoms with Crippen molar-refractivity contribution < 1.29 is 18.9 Å². The van der Waals surface area contributed by atoms with Gasteiger partial charge in [-0.15, -0.1) is 0 Å². The summed E-state index contributed by atoms with van der Waals surface area (Å²) in [6.07, 6.45) is 20.2. The molecule has 0 radical (unpaired) electrons. The first-order valence-electron chi connectivity index (χ1n) is 12.2. The maximum Gasteiger partial charge on any atom is 0.179 e. The molecule has 2 heterocycles. The molecule has 0 aromatic carbocycles. The van der Waals surface area contributed by atoms with Crippen molar-refractivity contribution >= 4 is 0 Å². The van der Waals surface area contributed by atoms with Crippen molar-refractivity contribution in [2.24, 2.45) is 10.8 Å². The van der Waals surface area contributed by atoms with Crippen LogP contribution >= 0.6 is 0 Å². The number of rotatable bonds is 8. The molecule has 0 unspecified atom stereocenters. The van der Waals surface area contributed by atoms with Gasteiger partial charge in [0.15, 0.2) is 12.6 Å². The molecule has 0 amide bonds. The molecule has 0 aromatic rings. The van der Waals surface area contributed by atoms with Crippen LogP contribution in [0.5, 0.6) is 0 Å². The summed E-state index contributed by atoms with van der Waals surface area (Å²) in [6, 6.07) is 0. The Kier molecular flexibility index (Phi) is 11.0. The molecule has 4 heteroatoms. The Morgan fingerprint density at radius 2 is 0.853 bits per heavy atom. The molecule has 4 nitrogen and oxygen atoms in total. The molecule has 2 saturated heterocycles. The van der Waals surface area contributed by atoms with E-state index in [1.165, 1.54) is 11.1 Å². The summed E-state index contributed by atoms with van der Waals surface area (Å²) in [5, 5.41) is 0. The van der Waals surface area contributed by atoms with Gasteiger partial charge in [0.05, 0.1) is 26.4 Å². The fraction of sp³-hybridized carbons (Fsp3) is 0.533. The van der Waals surface area contributed by atoms with Gasteiger partial charge in [-0.3, -0.25) is 0 Å². The second-order valence-corrected chi connectivity index (χ2v) is 11.0. The van der Waals surface area contributed by atoms with E-state index in [9.17, 15) is 0 Å². The van der Waals surface area contributed by atoms with Crippen molar-refractivity contribution in [3.8, 4) is 0 Å². The fourth-order valence-electron chi connectivity index (χ4n) is 3.30. The van der Waals surface area contributed by atoms with Gasteiger partial charge in [-0.25, -0.2) is 0 Å². The molecule has 2 fully saturated rings. The Morgan fingerprint density at radius 1 is 0.529 bits per heavy atom. The van der Waals surface area contributed by atoms with Gasteiger partial charge in [0.25, 0.3) is 0 Å². The molecule has 0 N–H and O–H groups in total. The maximum absolute atomic E-state index is 5.82. The zero-order valence-electron chi connectivity index (χ0n) is 22.4. The standard InChI is InChI=1S/C30H44O4/c1-23(15-11-17-25(3)27-31-19-29(5,6)20-32-27)13-9-10-14-24(2)16-12-18-26(4)28-33-21-30(7,8)22-34-28/h9-18,27-28H,19-22H2,1-8H3/b10-9+,15-11+,16-12+,23-13+,24-14+,25-17+,26-18+. The third-order valence-corrected chi connectivity index (χ3v) is 5.51. The minimum atomic E-state index is -0.239. The molecular formula is C30H44O4. The summed E-state index contributed by atoms with van der Waals surface area (Å²) < 4.78 is 23.3. The highest BCUT2D eigenvalue weighted by Gasteiger charge is 2.29. The first-order valence-corrected chi connectivity index (χ1v) is 12.2. The van der Waals surface area contributed by atoms with Gasteiger partial charge < -0.3 is 18.9 Å². The molecule has 0 spiro atoms. The van der Waals surface area contributed by atoms with Crippen molar-refractivity contribution in [1.82, 2.24) is 0 Å². The molecule has 0 saturated carbocycles. The average molecular weight is 469 g/mol. The van der Waals surface area contributed by atoms with Crippen LogP contribution in [0.4, 0.5) is 0 Å². The normalized spacial score (nSPS) is 24.1. The summed E-state index contributed by atoms with van der Waals surface area (Å²) in [5.41, 5.74) is 4.68. The SMILES string of the molecule is CC(/C=C/C=C(\C)C1OCC(C)(C)CO1)=C\C=C\C=C(C)\C=C\C=C(/C)C1OCC(C)(C)CO1. The lowest BCUT2D eigenvalue weighted by Gasteiger charge is -2.34. The van der Waals surface area contributed by atoms with Crippen molar-refractivity contribution in [1.29, 1.82) is 0 Å². The summed E-state index contributed by atoms with van der Waals surface area (Å²) in [5.74, 6) is 0. The first-order chi connectivity index (χ1) is 16.0. The lowest BCUT2D eigenvalue weighted by Crippen LogP contribution is -2.38. The van der Waals surface area contributed by atoms with Crippen LogP contribution in [0.1, 0.15) is 55.4 Å². The fourth-order valence-corrected chi connectivity index (χ4v) is 3.30. The van der Waals surface area contributed by atoms with Crippen molar-refractivity contribution in [3.63, 3.8) is 0 Å². The van der Waals surface area contributed by atoms with E-state index in [2.05, 4.69) is 90.2 Å². The number of allylic oxidation sites excluding steroid dienone is 12. The van der Waals surface area contributed by atoms with Crippen LogP contribution in [-0.4, -0.2) is 39.0 Å². The Morgan fingerprint density at radius 3 is 1.18 bits per heavy atom. The Hall–Kier alpha value is -1.98. The van der Waals surface area contributed by atoms with Crippen molar-refractivity contribution in [3.05, 3.63) is 83.1 Å². The Balaban J connectivity index is 1.78. The summed E-state index contributed by atoms with van der Waals surface area (Å²) in [4.78, 5) is 0. The summed E-state index contributed by atoms with van der Waals surface area (Å²) >= 11 is 0. The van der Waals surface area contributed by atoms with Gasteiger partial charge in [0.1, 0.15) is 0 Å². The number of ether oxygens (including phenoxy) is 4. The third-order valence-electron chi connectivity index (χ3n) is 5.51. The quantitative estimate of drug-likeness (QED) is 0.352. The number of hydrogen-bond donors (Lipinski definition) is 0. The van der Waals surface area contributed by atoms with Gasteiger partial charge in [0, 0.05) is 10.8 Å². The molecule has 188 valence electrons. The molecule has 34 heavy (non-hydrogen) atoms. The monoisotopic (exact) mass is 468 g/mol. The van der Waals surface area contributed by atoms with E-state index < -0.39 is 0 Å². The van der Waals surface area contributed by atoms with Gasteiger partial charge >= 0.3 is 0 Å². The van der Waals surface area contributed by atoms with Gasteiger partial charge in [-0.05, 0) is 38.8 Å². The van der Waals surface area contributed by atoms with Crippen LogP contribution in [0.15, 0.2) is 83.1 Å². The first kappa shape index (κ1) is 28.3. The van der Waals surface area contributed by atoms with E-state index in [0.29, 0.717) is 0 Å². The smallest absolute Gasteiger partial charge is 0.179 e. The second-order valence-electron chi connectivity index (χ2n) is 11.0. The van der Waals surface area contributed by atoms with E-state index >= 15 is 0 Å². The van der Waals surface area contributed by atoms with Crippen molar-refractivity contribution in [2.75, 3.05) is 26.4 Å². The van der Waals surface area contributed by atoms with Gasteiger partial charge in [0.2, 0.25) is 0 Å². The Bertz CT molecular complexity index is 785. The van der Waals surface area contributed by atoms with E-state index in [0.717, 1.165) is 37.6 Å². The zero-order chi connectivity index (χ0) is 25.2. The van der Waals surface area contributed by atoms with E-state index in [4.69, 9.17) is 18.9 Å². The predicted molar refractivity (Wildman–Crippen MR) is 141 cm³/mol. The van der Waals surface area contributed by atoms with Crippen LogP contribution < -0.4 is 0 Å². The lowest BCUT2D eigenvalue weighted by atomic mass is 9.95. The molecule has 0 atom stereocenters. The highest BCUT2D eigenvalue weighted by Crippen LogP contribution is 2.26. The highest BCUT2D eigenvalue weighted by molar-refractivity contribution is 5.30. The van der Waals surface area contributed by atoms with Crippen LogP contribution in [0.2, 0.25) is 0 Å². The zero-order valence-corrected chi connectivity index (χ0v) is 22.4. The molecule has 2 rings (SSSR count). The van der Waals surface area contributed by atoms with Crippen LogP contribution in [0.25, 0.3) is 0 Å². The topological polar surface area (TPSA) is 36.9 Å². The summed E-state index contributed by atoms with van der Waals surface area (Å²) in [7, 11) is 0. The molecule has 2 aliphatic rings. The molecule has 0 aromatic heterocycles. The number of hydrogen-bond acceptors (Lipinski definition) is 4. The Labute approximate surface area is 207 Å². The largest absolute Gasteiger partial charge is 0.348 e. The van der Waals surface area contributed by atoms with E-state index in [1.54, 1.807) is 0 Å². The maximum atomic E-state index is 5.82. The predicted octanol–water partition coefficient (Wildman–Crippen LogP) is 7.24. The van der Waals surface area contributed by atoms with Crippen LogP contribution in [0, 0.1) is 10.8 Å². The van der Waals surface area contributed by atoms with Gasteiger partial charge in [-0.2, -0.15) is 0 Å². The second kappa shape index (κ2) is 13.2. The molecule has 0 bridgehead atoms. The molecule has 0 aliphatic carbocycles. The minimum absolute atomic E-state index is 0.0903. The molecular weight excluding hydrogens is 424 g/mol. The average Bonchev–Trinajstić information content (AvgIpc) is 2.76. The molecule has 2 aliphatic heterocycles. The minimum Gasteiger partial charge on any atom is -0.348 e. The van der Waals surface area contributed by atoms with Crippen LogP contribution in [0.3, 0.4) is 0 Å². The van der Waals surface area contributed by atoms with Gasteiger partial charge in [-0.1, -0.05) is 99.6 Å². The lowest BCUT2D eigenvalue weighted by molar-refractivity contribution is -0.202. The van der Waals surface area contributed by atoms with Crippen molar-refractivity contribution in [2.45, 2.75) is 68.0 Å². The highest BCUT2D eigenvalue weighted by atomic mass is 16.7. The summed E-state index contributed by atoms with van der Waals surface area (Å²) in [6.45, 7) is 19.7. The van der Waals surface area contributed by atoms with Crippen LogP contribution in [-0.2, 0) is 18.9 Å². The van der Waals surface area contributed by atoms with E-state index in [1.807, 2.05) is 26.0 Å². The third kappa shape index (κ3) is 10.5.